The quantitative estimate of drug-likeness (QED) is 0.724. The van der Waals surface area contributed by atoms with Gasteiger partial charge in [-0.1, -0.05) is 5.21 Å². The molecule has 0 spiro atoms. The Hall–Kier alpha value is -1.23. The van der Waals surface area contributed by atoms with E-state index >= 15 is 0 Å². The van der Waals surface area contributed by atoms with Gasteiger partial charge in [0, 0.05) is 6.54 Å². The molecule has 1 unspecified atom stereocenters. The van der Waals surface area contributed by atoms with E-state index in [2.05, 4.69) is 10.3 Å². The molecule has 0 bridgehead atoms. The maximum absolute atomic E-state index is 10.9. The molecule has 17 heavy (non-hydrogen) atoms. The molecule has 0 aliphatic heterocycles. The molecule has 2 rings (SSSR count). The molecule has 1 N–H and O–H groups in total. The third-order valence-electron chi connectivity index (χ3n) is 3.15. The van der Waals surface area contributed by atoms with Gasteiger partial charge in [-0.05, 0) is 44.9 Å². The molecule has 0 amide bonds. The van der Waals surface area contributed by atoms with Crippen LogP contribution >= 0.6 is 0 Å². The smallest absolute Gasteiger partial charge is 0.172 e. The van der Waals surface area contributed by atoms with Crippen molar-refractivity contribution in [1.82, 2.24) is 15.0 Å². The summed E-state index contributed by atoms with van der Waals surface area (Å²) in [6.45, 7) is 2.51. The summed E-state index contributed by atoms with van der Waals surface area (Å²) < 4.78 is 1.82. The predicted molar refractivity (Wildman–Crippen MR) is 62.8 cm³/mol. The van der Waals surface area contributed by atoms with Gasteiger partial charge in [0.05, 0.1) is 11.8 Å². The number of aryl methyl sites for hydroxylation is 1. The van der Waals surface area contributed by atoms with Crippen LogP contribution in [0.5, 0.6) is 0 Å². The highest BCUT2D eigenvalue weighted by atomic mass is 16.3. The Bertz CT molecular complexity index is 383. The van der Waals surface area contributed by atoms with E-state index in [1.165, 1.54) is 12.8 Å². The summed E-state index contributed by atoms with van der Waals surface area (Å²) in [7, 11) is 0. The van der Waals surface area contributed by atoms with Crippen LogP contribution in [0, 0.1) is 5.92 Å². The zero-order valence-electron chi connectivity index (χ0n) is 10.2. The first-order valence-electron chi connectivity index (χ1n) is 6.26. The fourth-order valence-electron chi connectivity index (χ4n) is 1.96. The van der Waals surface area contributed by atoms with E-state index in [1.54, 1.807) is 6.92 Å². The summed E-state index contributed by atoms with van der Waals surface area (Å²) in [5.74, 6) is 0.711. The highest BCUT2D eigenvalue weighted by Crippen LogP contribution is 2.33. The summed E-state index contributed by atoms with van der Waals surface area (Å²) in [5.41, 5.74) is 1.45. The van der Waals surface area contributed by atoms with Gasteiger partial charge in [-0.25, -0.2) is 4.68 Å². The van der Waals surface area contributed by atoms with Gasteiger partial charge in [0.1, 0.15) is 5.69 Å². The van der Waals surface area contributed by atoms with Crippen molar-refractivity contribution in [3.8, 4) is 0 Å². The van der Waals surface area contributed by atoms with Gasteiger partial charge in [-0.2, -0.15) is 0 Å². The van der Waals surface area contributed by atoms with Gasteiger partial charge in [-0.15, -0.1) is 5.10 Å². The third kappa shape index (κ3) is 3.36. The van der Waals surface area contributed by atoms with Crippen molar-refractivity contribution in [2.24, 2.45) is 5.92 Å². The number of aldehydes is 1. The Kier molecular flexibility index (Phi) is 3.89. The van der Waals surface area contributed by atoms with Crippen LogP contribution in [-0.4, -0.2) is 32.5 Å². The molecular weight excluding hydrogens is 218 g/mol. The lowest BCUT2D eigenvalue weighted by Gasteiger charge is -2.07. The molecular formula is C12H19N3O2. The summed E-state index contributed by atoms with van der Waals surface area (Å²) in [6, 6.07) is 0. The average molecular weight is 237 g/mol. The van der Waals surface area contributed by atoms with Crippen LogP contribution in [0.2, 0.25) is 0 Å². The fourth-order valence-corrected chi connectivity index (χ4v) is 1.96. The molecule has 1 aromatic heterocycles. The van der Waals surface area contributed by atoms with Crippen LogP contribution in [0.25, 0.3) is 0 Å². The Morgan fingerprint density at radius 2 is 2.35 bits per heavy atom. The van der Waals surface area contributed by atoms with E-state index in [9.17, 15) is 9.90 Å². The lowest BCUT2D eigenvalue weighted by atomic mass is 10.1. The third-order valence-corrected chi connectivity index (χ3v) is 3.15. The van der Waals surface area contributed by atoms with Gasteiger partial charge in [-0.3, -0.25) is 4.79 Å². The van der Waals surface area contributed by atoms with Gasteiger partial charge in [0.25, 0.3) is 0 Å². The van der Waals surface area contributed by atoms with Crippen molar-refractivity contribution in [2.75, 3.05) is 0 Å². The first kappa shape index (κ1) is 12.2. The molecule has 0 aromatic carbocycles. The van der Waals surface area contributed by atoms with Crippen LogP contribution in [-0.2, 0) is 13.0 Å². The second kappa shape index (κ2) is 5.40. The Morgan fingerprint density at radius 3 is 2.94 bits per heavy atom. The minimum Gasteiger partial charge on any atom is -0.393 e. The molecule has 1 heterocycles. The van der Waals surface area contributed by atoms with E-state index in [0.717, 1.165) is 37.8 Å². The van der Waals surface area contributed by atoms with Crippen LogP contribution in [0.15, 0.2) is 0 Å². The summed E-state index contributed by atoms with van der Waals surface area (Å²) in [4.78, 5) is 10.9. The minimum atomic E-state index is -0.282. The fraction of sp³-hybridized carbons (Fsp3) is 0.750. The van der Waals surface area contributed by atoms with E-state index in [1.807, 2.05) is 4.68 Å². The minimum absolute atomic E-state index is 0.282. The van der Waals surface area contributed by atoms with Gasteiger partial charge in [0.15, 0.2) is 6.29 Å². The molecule has 1 fully saturated rings. The second-order valence-electron chi connectivity index (χ2n) is 4.90. The lowest BCUT2D eigenvalue weighted by Crippen LogP contribution is -2.09. The van der Waals surface area contributed by atoms with Crippen molar-refractivity contribution in [2.45, 2.75) is 51.7 Å². The standard InChI is InChI=1S/C12H19N3O2/c1-9(17)3-2-6-15-12(7-10-4-5-10)11(8-16)13-14-15/h8-10,17H,2-7H2,1H3. The van der Waals surface area contributed by atoms with E-state index < -0.39 is 0 Å². The number of aliphatic hydroxyl groups excluding tert-OH is 1. The summed E-state index contributed by atoms with van der Waals surface area (Å²) in [5, 5.41) is 17.1. The van der Waals surface area contributed by atoms with Crippen LogP contribution < -0.4 is 0 Å². The number of hydrogen-bond donors (Lipinski definition) is 1. The average Bonchev–Trinajstić information content (AvgIpc) is 3.01. The van der Waals surface area contributed by atoms with E-state index in [-0.39, 0.29) is 6.10 Å². The zero-order valence-corrected chi connectivity index (χ0v) is 10.2. The molecule has 0 radical (unpaired) electrons. The van der Waals surface area contributed by atoms with Crippen molar-refractivity contribution < 1.29 is 9.90 Å². The van der Waals surface area contributed by atoms with Gasteiger partial charge < -0.3 is 5.11 Å². The van der Waals surface area contributed by atoms with Crippen LogP contribution in [0.1, 0.15) is 48.8 Å². The van der Waals surface area contributed by atoms with E-state index in [4.69, 9.17) is 0 Å². The Balaban J connectivity index is 1.98. The molecule has 1 aliphatic rings. The van der Waals surface area contributed by atoms with Gasteiger partial charge in [0.2, 0.25) is 0 Å². The first-order chi connectivity index (χ1) is 8.20. The predicted octanol–water partition coefficient (Wildman–Crippen LogP) is 1.20. The van der Waals surface area contributed by atoms with Crippen molar-refractivity contribution in [1.29, 1.82) is 0 Å². The molecule has 94 valence electrons. The highest BCUT2D eigenvalue weighted by molar-refractivity contribution is 5.73. The molecule has 1 aromatic rings. The first-order valence-corrected chi connectivity index (χ1v) is 6.26. The highest BCUT2D eigenvalue weighted by Gasteiger charge is 2.25. The largest absolute Gasteiger partial charge is 0.393 e. The van der Waals surface area contributed by atoms with E-state index in [0.29, 0.717) is 11.6 Å². The maximum atomic E-state index is 10.9. The summed E-state index contributed by atoms with van der Waals surface area (Å²) >= 11 is 0. The monoisotopic (exact) mass is 237 g/mol. The van der Waals surface area contributed by atoms with Crippen LogP contribution in [0.3, 0.4) is 0 Å². The number of rotatable bonds is 7. The number of aliphatic hydroxyl groups is 1. The topological polar surface area (TPSA) is 68.0 Å². The van der Waals surface area contributed by atoms with Gasteiger partial charge >= 0.3 is 0 Å². The maximum Gasteiger partial charge on any atom is 0.172 e. The van der Waals surface area contributed by atoms with Crippen molar-refractivity contribution >= 4 is 6.29 Å². The molecule has 5 heteroatoms. The number of carbonyl (C=O) groups excluding carboxylic acids is 1. The molecule has 0 saturated heterocycles. The normalized spacial score (nSPS) is 17.1. The number of carbonyl (C=O) groups is 1. The number of nitrogens with zero attached hydrogens (tertiary/aromatic N) is 3. The molecule has 1 atom stereocenters. The second-order valence-corrected chi connectivity index (χ2v) is 4.90. The SMILES string of the molecule is CC(O)CCCn1nnc(C=O)c1CC1CC1. The molecule has 5 nitrogen and oxygen atoms in total. The number of aromatic nitrogens is 3. The molecule has 1 aliphatic carbocycles. The lowest BCUT2D eigenvalue weighted by molar-refractivity contribution is 0.111. The van der Waals surface area contributed by atoms with Crippen molar-refractivity contribution in [3.05, 3.63) is 11.4 Å². The van der Waals surface area contributed by atoms with Crippen LogP contribution in [0.4, 0.5) is 0 Å². The van der Waals surface area contributed by atoms with Crippen molar-refractivity contribution in [3.63, 3.8) is 0 Å². The Labute approximate surface area is 101 Å². The zero-order chi connectivity index (χ0) is 12.3. The number of hydrogen-bond acceptors (Lipinski definition) is 4. The Morgan fingerprint density at radius 1 is 1.59 bits per heavy atom. The molecule has 1 saturated carbocycles. The summed E-state index contributed by atoms with van der Waals surface area (Å²) in [6.07, 6.45) is 5.52.